The molecule has 1 aromatic carbocycles. The highest BCUT2D eigenvalue weighted by Gasteiger charge is 2.35. The molecule has 1 fully saturated rings. The van der Waals surface area contributed by atoms with E-state index in [9.17, 15) is 5.11 Å². The van der Waals surface area contributed by atoms with Gasteiger partial charge in [-0.25, -0.2) is 0 Å². The quantitative estimate of drug-likeness (QED) is 0.829. The molecule has 0 saturated heterocycles. The minimum absolute atomic E-state index is 0.148. The molecular formula is C16H25NO2. The molecule has 0 aromatic heterocycles. The van der Waals surface area contributed by atoms with Crippen molar-refractivity contribution in [3.8, 4) is 5.75 Å². The number of methoxy groups -OCH3 is 1. The molecule has 0 amide bonds. The van der Waals surface area contributed by atoms with Crippen molar-refractivity contribution in [1.29, 1.82) is 0 Å². The Morgan fingerprint density at radius 1 is 1.26 bits per heavy atom. The second-order valence-electron chi connectivity index (χ2n) is 5.79. The Morgan fingerprint density at radius 3 is 2.53 bits per heavy atom. The van der Waals surface area contributed by atoms with Crippen LogP contribution in [0.15, 0.2) is 12.1 Å². The van der Waals surface area contributed by atoms with Gasteiger partial charge in [-0.15, -0.1) is 0 Å². The van der Waals surface area contributed by atoms with E-state index in [1.807, 2.05) is 6.07 Å². The van der Waals surface area contributed by atoms with Crippen LogP contribution in [0.4, 0.5) is 0 Å². The van der Waals surface area contributed by atoms with Crippen molar-refractivity contribution >= 4 is 0 Å². The molecule has 106 valence electrons. The molecular weight excluding hydrogens is 238 g/mol. The van der Waals surface area contributed by atoms with Gasteiger partial charge in [0, 0.05) is 25.1 Å². The first kappa shape index (κ1) is 14.4. The summed E-state index contributed by atoms with van der Waals surface area (Å²) in [5.74, 6) is 0.951. The van der Waals surface area contributed by atoms with E-state index < -0.39 is 0 Å². The van der Waals surface area contributed by atoms with Gasteiger partial charge in [0.2, 0.25) is 0 Å². The van der Waals surface area contributed by atoms with Crippen LogP contribution >= 0.6 is 0 Å². The summed E-state index contributed by atoms with van der Waals surface area (Å²) in [5.41, 5.74) is 3.96. The molecule has 3 nitrogen and oxygen atoms in total. The Kier molecular flexibility index (Phi) is 4.48. The molecule has 0 bridgehead atoms. The predicted octanol–water partition coefficient (Wildman–Crippen LogP) is 2.56. The normalized spacial score (nSPS) is 17.1. The summed E-state index contributed by atoms with van der Waals surface area (Å²) in [6.07, 6.45) is 3.55. The lowest BCUT2D eigenvalue weighted by molar-refractivity contribution is 0.0445. The average molecular weight is 263 g/mol. The van der Waals surface area contributed by atoms with E-state index in [0.29, 0.717) is 6.61 Å². The van der Waals surface area contributed by atoms with Crippen molar-refractivity contribution in [2.24, 2.45) is 5.41 Å². The van der Waals surface area contributed by atoms with Crippen molar-refractivity contribution in [1.82, 2.24) is 5.32 Å². The Bertz CT molecular complexity index is 433. The van der Waals surface area contributed by atoms with Gasteiger partial charge in [0.05, 0.1) is 7.11 Å². The number of hydrogen-bond donors (Lipinski definition) is 2. The Hall–Kier alpha value is -1.06. The zero-order valence-electron chi connectivity index (χ0n) is 12.3. The molecule has 0 radical (unpaired) electrons. The summed E-state index contributed by atoms with van der Waals surface area (Å²) < 4.78 is 5.33. The first-order valence-corrected chi connectivity index (χ1v) is 7.06. The highest BCUT2D eigenvalue weighted by Crippen LogP contribution is 2.39. The fraction of sp³-hybridized carbons (Fsp3) is 0.625. The van der Waals surface area contributed by atoms with E-state index in [1.165, 1.54) is 23.1 Å². The zero-order valence-corrected chi connectivity index (χ0v) is 12.3. The fourth-order valence-corrected chi connectivity index (χ4v) is 2.79. The fourth-order valence-electron chi connectivity index (χ4n) is 2.79. The molecule has 0 unspecified atom stereocenters. The van der Waals surface area contributed by atoms with E-state index in [2.05, 4.69) is 25.2 Å². The summed E-state index contributed by atoms with van der Waals surface area (Å²) in [6.45, 7) is 6.31. The summed E-state index contributed by atoms with van der Waals surface area (Å²) in [7, 11) is 1.71. The average Bonchev–Trinajstić information content (AvgIpc) is 2.38. The van der Waals surface area contributed by atoms with Crippen molar-refractivity contribution in [3.05, 3.63) is 28.8 Å². The van der Waals surface area contributed by atoms with Crippen LogP contribution in [0.1, 0.15) is 36.0 Å². The second-order valence-corrected chi connectivity index (χ2v) is 5.79. The van der Waals surface area contributed by atoms with Gasteiger partial charge in [-0.3, -0.25) is 0 Å². The van der Waals surface area contributed by atoms with Crippen LogP contribution in [-0.2, 0) is 6.54 Å². The Labute approximate surface area is 116 Å². The van der Waals surface area contributed by atoms with E-state index in [4.69, 9.17) is 4.74 Å². The molecule has 19 heavy (non-hydrogen) atoms. The predicted molar refractivity (Wildman–Crippen MR) is 77.5 cm³/mol. The van der Waals surface area contributed by atoms with Crippen molar-refractivity contribution in [2.75, 3.05) is 20.3 Å². The van der Waals surface area contributed by atoms with Gasteiger partial charge in [-0.2, -0.15) is 0 Å². The molecule has 2 N–H and O–H groups in total. The van der Waals surface area contributed by atoms with Gasteiger partial charge in [-0.1, -0.05) is 12.5 Å². The molecule has 3 heteroatoms. The first-order valence-electron chi connectivity index (χ1n) is 7.06. The van der Waals surface area contributed by atoms with Gasteiger partial charge >= 0.3 is 0 Å². The zero-order chi connectivity index (χ0) is 13.9. The number of hydrogen-bond acceptors (Lipinski definition) is 3. The summed E-state index contributed by atoms with van der Waals surface area (Å²) in [6, 6.07) is 4.16. The lowest BCUT2D eigenvalue weighted by Gasteiger charge is -2.40. The first-order chi connectivity index (χ1) is 9.12. The number of aliphatic hydroxyl groups is 1. The minimum Gasteiger partial charge on any atom is -0.496 e. The van der Waals surface area contributed by atoms with Crippen LogP contribution in [0.2, 0.25) is 0 Å². The molecule has 0 aliphatic heterocycles. The van der Waals surface area contributed by atoms with Gasteiger partial charge in [-0.05, 0) is 49.4 Å². The van der Waals surface area contributed by atoms with Crippen LogP contribution in [0.5, 0.6) is 5.75 Å². The van der Waals surface area contributed by atoms with Crippen molar-refractivity contribution in [3.63, 3.8) is 0 Å². The van der Waals surface area contributed by atoms with E-state index in [-0.39, 0.29) is 5.41 Å². The lowest BCUT2D eigenvalue weighted by Crippen LogP contribution is -2.42. The second kappa shape index (κ2) is 5.93. The number of aliphatic hydroxyl groups excluding tert-OH is 1. The monoisotopic (exact) mass is 263 g/mol. The Balaban J connectivity index is 1.94. The lowest BCUT2D eigenvalue weighted by atomic mass is 9.69. The molecule has 2 rings (SSSR count). The van der Waals surface area contributed by atoms with E-state index in [1.54, 1.807) is 7.11 Å². The standard InChI is InChI=1S/C16H25NO2/c1-12-13(2)15(19-3)6-5-14(12)9-17-10-16(11-18)7-4-8-16/h5-6,17-18H,4,7-11H2,1-3H3. The SMILES string of the molecule is COc1ccc(CNCC2(CO)CCC2)c(C)c1C. The van der Waals surface area contributed by atoms with Gasteiger partial charge in [0.1, 0.15) is 5.75 Å². The Morgan fingerprint density at radius 2 is 2.00 bits per heavy atom. The molecule has 0 heterocycles. The van der Waals surface area contributed by atoms with Gasteiger partial charge in [0.15, 0.2) is 0 Å². The highest BCUT2D eigenvalue weighted by molar-refractivity contribution is 5.43. The molecule has 1 aliphatic carbocycles. The van der Waals surface area contributed by atoms with E-state index >= 15 is 0 Å². The number of ether oxygens (including phenoxy) is 1. The molecule has 0 spiro atoms. The summed E-state index contributed by atoms with van der Waals surface area (Å²) >= 11 is 0. The number of rotatable bonds is 6. The number of benzene rings is 1. The van der Waals surface area contributed by atoms with Crippen molar-refractivity contribution < 1.29 is 9.84 Å². The summed E-state index contributed by atoms with van der Waals surface area (Å²) in [5, 5.41) is 12.9. The highest BCUT2D eigenvalue weighted by atomic mass is 16.5. The van der Waals surface area contributed by atoms with Gasteiger partial charge in [0.25, 0.3) is 0 Å². The molecule has 1 saturated carbocycles. The summed E-state index contributed by atoms with van der Waals surface area (Å²) in [4.78, 5) is 0. The number of nitrogens with one attached hydrogen (secondary N) is 1. The van der Waals surface area contributed by atoms with Gasteiger partial charge < -0.3 is 15.2 Å². The molecule has 1 aliphatic rings. The van der Waals surface area contributed by atoms with E-state index in [0.717, 1.165) is 31.7 Å². The van der Waals surface area contributed by atoms with Crippen LogP contribution in [0.25, 0.3) is 0 Å². The minimum atomic E-state index is 0.148. The van der Waals surface area contributed by atoms with Crippen molar-refractivity contribution in [2.45, 2.75) is 39.7 Å². The third-order valence-electron chi connectivity index (χ3n) is 4.63. The van der Waals surface area contributed by atoms with Crippen LogP contribution in [0.3, 0.4) is 0 Å². The van der Waals surface area contributed by atoms with Crippen LogP contribution in [-0.4, -0.2) is 25.4 Å². The largest absolute Gasteiger partial charge is 0.496 e. The maximum atomic E-state index is 9.44. The molecule has 1 aromatic rings. The van der Waals surface area contributed by atoms with Crippen LogP contribution in [0, 0.1) is 19.3 Å². The smallest absolute Gasteiger partial charge is 0.122 e. The van der Waals surface area contributed by atoms with Crippen LogP contribution < -0.4 is 10.1 Å². The maximum Gasteiger partial charge on any atom is 0.122 e. The topological polar surface area (TPSA) is 41.5 Å². The third kappa shape index (κ3) is 2.93. The maximum absolute atomic E-state index is 9.44. The molecule has 0 atom stereocenters. The third-order valence-corrected chi connectivity index (χ3v) is 4.63.